The maximum atomic E-state index is 13.2. The molecule has 4 nitrogen and oxygen atoms in total. The van der Waals surface area contributed by atoms with Gasteiger partial charge in [-0.05, 0) is 60.7 Å². The van der Waals surface area contributed by atoms with Gasteiger partial charge in [-0.2, -0.15) is 0 Å². The lowest BCUT2D eigenvalue weighted by Gasteiger charge is -2.17. The van der Waals surface area contributed by atoms with Gasteiger partial charge in [0, 0.05) is 4.47 Å². The summed E-state index contributed by atoms with van der Waals surface area (Å²) >= 11 is 3.45. The zero-order valence-electron chi connectivity index (χ0n) is 15.6. The second-order valence-corrected chi connectivity index (χ2v) is 8.77. The standard InChI is InChI=1S/C23H21BrO4/c1-2-12-6-7-15(27-14-5-3-4-13(24)10-14)11-16(12)19-22(25)20-17-8-9-18(28-17)21(20)23(19)26/h3-7,10-11,17-21H,2,8-9H2,1H3/t17-,18+,19?,20-,21+. The topological polar surface area (TPSA) is 52.6 Å². The van der Waals surface area contributed by atoms with E-state index in [9.17, 15) is 9.59 Å². The van der Waals surface area contributed by atoms with Crippen molar-refractivity contribution in [3.63, 3.8) is 0 Å². The largest absolute Gasteiger partial charge is 0.457 e. The number of rotatable bonds is 4. The van der Waals surface area contributed by atoms with Crippen LogP contribution in [-0.4, -0.2) is 23.8 Å². The number of benzene rings is 2. The van der Waals surface area contributed by atoms with Crippen LogP contribution < -0.4 is 4.74 Å². The summed E-state index contributed by atoms with van der Waals surface area (Å²) in [7, 11) is 0. The molecule has 2 heterocycles. The van der Waals surface area contributed by atoms with E-state index in [0.717, 1.165) is 34.9 Å². The van der Waals surface area contributed by atoms with Crippen LogP contribution in [0.4, 0.5) is 0 Å². The van der Waals surface area contributed by atoms with Gasteiger partial charge in [-0.15, -0.1) is 0 Å². The molecule has 0 N–H and O–H groups in total. The number of hydrogen-bond acceptors (Lipinski definition) is 4. The molecule has 0 spiro atoms. The van der Waals surface area contributed by atoms with Gasteiger partial charge in [0.05, 0.1) is 24.0 Å². The van der Waals surface area contributed by atoms with Crippen molar-refractivity contribution in [2.24, 2.45) is 11.8 Å². The van der Waals surface area contributed by atoms with E-state index in [1.807, 2.05) is 49.4 Å². The number of halogens is 1. The first-order valence-electron chi connectivity index (χ1n) is 9.86. The van der Waals surface area contributed by atoms with E-state index in [2.05, 4.69) is 15.9 Å². The Labute approximate surface area is 172 Å². The maximum absolute atomic E-state index is 13.2. The summed E-state index contributed by atoms with van der Waals surface area (Å²) < 4.78 is 12.8. The molecule has 5 atom stereocenters. The van der Waals surface area contributed by atoms with Gasteiger partial charge < -0.3 is 9.47 Å². The molecule has 1 saturated carbocycles. The molecule has 5 rings (SSSR count). The second kappa shape index (κ2) is 6.82. The van der Waals surface area contributed by atoms with Gasteiger partial charge in [0.2, 0.25) is 0 Å². The molecule has 3 aliphatic rings. The predicted molar refractivity (Wildman–Crippen MR) is 108 cm³/mol. The number of hydrogen-bond donors (Lipinski definition) is 0. The molecule has 2 aliphatic heterocycles. The third kappa shape index (κ3) is 2.75. The summed E-state index contributed by atoms with van der Waals surface area (Å²) in [5.41, 5.74) is 1.83. The Morgan fingerprint density at radius 1 is 1.00 bits per heavy atom. The molecule has 1 unspecified atom stereocenters. The van der Waals surface area contributed by atoms with Crippen LogP contribution in [0.25, 0.3) is 0 Å². The Morgan fingerprint density at radius 2 is 1.68 bits per heavy atom. The van der Waals surface area contributed by atoms with Crippen molar-refractivity contribution in [3.8, 4) is 11.5 Å². The van der Waals surface area contributed by atoms with Crippen LogP contribution in [0.15, 0.2) is 46.9 Å². The van der Waals surface area contributed by atoms with Crippen molar-refractivity contribution >= 4 is 27.5 Å². The summed E-state index contributed by atoms with van der Waals surface area (Å²) in [5, 5.41) is 0. The monoisotopic (exact) mass is 440 g/mol. The number of carbonyl (C=O) groups is 2. The molecular formula is C23H21BrO4. The van der Waals surface area contributed by atoms with Crippen LogP contribution in [0, 0.1) is 11.8 Å². The highest BCUT2D eigenvalue weighted by Gasteiger charge is 2.63. The highest BCUT2D eigenvalue weighted by atomic mass is 79.9. The quantitative estimate of drug-likeness (QED) is 0.638. The molecule has 2 saturated heterocycles. The number of fused-ring (bicyclic) bond motifs is 5. The first-order chi connectivity index (χ1) is 13.6. The predicted octanol–water partition coefficient (Wildman–Crippen LogP) is 4.83. The van der Waals surface area contributed by atoms with E-state index in [0.29, 0.717) is 11.5 Å². The lowest BCUT2D eigenvalue weighted by atomic mass is 9.81. The molecule has 0 radical (unpaired) electrons. The van der Waals surface area contributed by atoms with Crippen molar-refractivity contribution in [2.45, 2.75) is 44.3 Å². The van der Waals surface area contributed by atoms with Gasteiger partial charge in [-0.3, -0.25) is 9.59 Å². The van der Waals surface area contributed by atoms with Crippen molar-refractivity contribution in [1.82, 2.24) is 0 Å². The van der Waals surface area contributed by atoms with Gasteiger partial charge in [-0.25, -0.2) is 0 Å². The van der Waals surface area contributed by atoms with E-state index in [1.165, 1.54) is 0 Å². The lowest BCUT2D eigenvalue weighted by molar-refractivity contribution is -0.127. The summed E-state index contributed by atoms with van der Waals surface area (Å²) in [5.74, 6) is 0.237. The van der Waals surface area contributed by atoms with Crippen molar-refractivity contribution < 1.29 is 19.1 Å². The highest BCUT2D eigenvalue weighted by Crippen LogP contribution is 2.52. The first kappa shape index (κ1) is 18.1. The molecule has 0 aromatic heterocycles. The van der Waals surface area contributed by atoms with Crippen LogP contribution in [0.5, 0.6) is 11.5 Å². The lowest BCUT2D eigenvalue weighted by Crippen LogP contribution is -2.29. The van der Waals surface area contributed by atoms with Crippen LogP contribution >= 0.6 is 15.9 Å². The number of ketones is 2. The van der Waals surface area contributed by atoms with E-state index >= 15 is 0 Å². The summed E-state index contributed by atoms with van der Waals surface area (Å²) in [6.45, 7) is 2.05. The second-order valence-electron chi connectivity index (χ2n) is 7.85. The van der Waals surface area contributed by atoms with E-state index in [-0.39, 0.29) is 35.6 Å². The molecule has 2 aromatic carbocycles. The van der Waals surface area contributed by atoms with Crippen molar-refractivity contribution in [3.05, 3.63) is 58.1 Å². The smallest absolute Gasteiger partial charge is 0.154 e. The average molecular weight is 441 g/mol. The van der Waals surface area contributed by atoms with Gasteiger partial charge in [0.15, 0.2) is 11.6 Å². The molecule has 1 aliphatic carbocycles. The molecule has 0 amide bonds. The average Bonchev–Trinajstić information content (AvgIpc) is 3.36. The van der Waals surface area contributed by atoms with E-state index in [4.69, 9.17) is 9.47 Å². The molecule has 2 bridgehead atoms. The number of carbonyl (C=O) groups excluding carboxylic acids is 2. The Balaban J connectivity index is 1.50. The molecule has 144 valence electrons. The van der Waals surface area contributed by atoms with Gasteiger partial charge in [-0.1, -0.05) is 35.0 Å². The van der Waals surface area contributed by atoms with Crippen molar-refractivity contribution in [2.75, 3.05) is 0 Å². The zero-order chi connectivity index (χ0) is 19.4. The summed E-state index contributed by atoms with van der Waals surface area (Å²) in [6.07, 6.45) is 2.42. The van der Waals surface area contributed by atoms with Crippen LogP contribution in [-0.2, 0) is 20.7 Å². The minimum atomic E-state index is -0.678. The Kier molecular flexibility index (Phi) is 4.40. The third-order valence-electron chi connectivity index (χ3n) is 6.34. The SMILES string of the molecule is CCc1ccc(Oc2cccc(Br)c2)cc1C1C(=O)[C@@H]2[C@H](C1=O)[C@H]1CC[C@@H]2O1. The Hall–Kier alpha value is -1.98. The van der Waals surface area contributed by atoms with Gasteiger partial charge in [0.1, 0.15) is 17.4 Å². The number of aryl methyl sites for hydroxylation is 1. The molecule has 5 heteroatoms. The first-order valence-corrected chi connectivity index (χ1v) is 10.6. The molecule has 2 aromatic rings. The fourth-order valence-corrected chi connectivity index (χ4v) is 5.50. The highest BCUT2D eigenvalue weighted by molar-refractivity contribution is 9.10. The van der Waals surface area contributed by atoms with Crippen LogP contribution in [0.3, 0.4) is 0 Å². The number of Topliss-reactive ketones (excluding diaryl/α,β-unsaturated/α-hetero) is 2. The Morgan fingerprint density at radius 3 is 2.32 bits per heavy atom. The number of ether oxygens (including phenoxy) is 2. The summed E-state index contributed by atoms with van der Waals surface area (Å²) in [4.78, 5) is 26.4. The Bertz CT molecular complexity index is 941. The van der Waals surface area contributed by atoms with E-state index in [1.54, 1.807) is 0 Å². The maximum Gasteiger partial charge on any atom is 0.154 e. The molecule has 28 heavy (non-hydrogen) atoms. The molecular weight excluding hydrogens is 420 g/mol. The zero-order valence-corrected chi connectivity index (χ0v) is 17.1. The van der Waals surface area contributed by atoms with Gasteiger partial charge in [0.25, 0.3) is 0 Å². The molecule has 3 fully saturated rings. The summed E-state index contributed by atoms with van der Waals surface area (Å²) in [6, 6.07) is 13.4. The fraction of sp³-hybridized carbons (Fsp3) is 0.391. The normalized spacial score (nSPS) is 30.7. The fourth-order valence-electron chi connectivity index (χ4n) is 5.13. The van der Waals surface area contributed by atoms with Crippen LogP contribution in [0.1, 0.15) is 36.8 Å². The van der Waals surface area contributed by atoms with Crippen LogP contribution in [0.2, 0.25) is 0 Å². The van der Waals surface area contributed by atoms with Crippen molar-refractivity contribution in [1.29, 1.82) is 0 Å². The minimum Gasteiger partial charge on any atom is -0.457 e. The van der Waals surface area contributed by atoms with E-state index < -0.39 is 5.92 Å². The minimum absolute atomic E-state index is 0.0384. The van der Waals surface area contributed by atoms with Gasteiger partial charge >= 0.3 is 0 Å². The third-order valence-corrected chi connectivity index (χ3v) is 6.83.